The van der Waals surface area contributed by atoms with Crippen LogP contribution in [0.15, 0.2) is 36.4 Å². The van der Waals surface area contributed by atoms with Gasteiger partial charge in [-0.2, -0.15) is 0 Å². The van der Waals surface area contributed by atoms with E-state index in [0.29, 0.717) is 42.7 Å². The number of anilines is 1. The van der Waals surface area contributed by atoms with Crippen molar-refractivity contribution < 1.29 is 23.8 Å². The third-order valence-electron chi connectivity index (χ3n) is 6.21. The van der Waals surface area contributed by atoms with Crippen LogP contribution >= 0.6 is 11.6 Å². The summed E-state index contributed by atoms with van der Waals surface area (Å²) in [6.07, 6.45) is 0.371. The molecule has 0 bridgehead atoms. The highest BCUT2D eigenvalue weighted by Crippen LogP contribution is 2.35. The number of amides is 2. The van der Waals surface area contributed by atoms with Gasteiger partial charge in [0.25, 0.3) is 0 Å². The van der Waals surface area contributed by atoms with Crippen molar-refractivity contribution in [3.8, 4) is 17.2 Å². The molecule has 3 heterocycles. The molecule has 0 N–H and O–H groups in total. The summed E-state index contributed by atoms with van der Waals surface area (Å²) < 4.78 is 16.4. The van der Waals surface area contributed by atoms with Crippen molar-refractivity contribution in [2.45, 2.75) is 19.4 Å². The zero-order valence-electron chi connectivity index (χ0n) is 18.3. The molecule has 2 aromatic carbocycles. The van der Waals surface area contributed by atoms with Crippen LogP contribution in [0.1, 0.15) is 18.4 Å². The average Bonchev–Trinajstić information content (AvgIpc) is 3.30. The SMILES string of the molecule is O=C(CCC(=O)N1CCOc2ccc(Cl)cc21)N1CCN(Cc2ccc3c(c2)OCO3)CC1. The number of benzene rings is 2. The number of hydrogen-bond donors (Lipinski definition) is 0. The third-order valence-corrected chi connectivity index (χ3v) is 6.44. The molecule has 0 radical (unpaired) electrons. The minimum atomic E-state index is -0.0865. The van der Waals surface area contributed by atoms with E-state index in [4.69, 9.17) is 25.8 Å². The van der Waals surface area contributed by atoms with E-state index in [-0.39, 0.29) is 31.4 Å². The second-order valence-electron chi connectivity index (χ2n) is 8.35. The van der Waals surface area contributed by atoms with Gasteiger partial charge in [-0.05, 0) is 35.9 Å². The summed E-state index contributed by atoms with van der Waals surface area (Å²) in [5.74, 6) is 2.15. The van der Waals surface area contributed by atoms with E-state index >= 15 is 0 Å². The number of rotatable bonds is 5. The number of halogens is 1. The first kappa shape index (κ1) is 21.9. The molecule has 9 heteroatoms. The Hall–Kier alpha value is -2.97. The normalized spacial score (nSPS) is 17.5. The van der Waals surface area contributed by atoms with E-state index in [9.17, 15) is 9.59 Å². The molecular weight excluding hydrogens is 446 g/mol. The van der Waals surface area contributed by atoms with Gasteiger partial charge < -0.3 is 24.0 Å². The van der Waals surface area contributed by atoms with Gasteiger partial charge >= 0.3 is 0 Å². The molecule has 0 spiro atoms. The van der Waals surface area contributed by atoms with Crippen molar-refractivity contribution in [3.63, 3.8) is 0 Å². The summed E-state index contributed by atoms with van der Waals surface area (Å²) in [5.41, 5.74) is 1.83. The predicted molar refractivity (Wildman–Crippen MR) is 123 cm³/mol. The predicted octanol–water partition coefficient (Wildman–Crippen LogP) is 2.92. The highest BCUT2D eigenvalue weighted by atomic mass is 35.5. The molecular formula is C24H26ClN3O5. The fourth-order valence-electron chi connectivity index (χ4n) is 4.41. The van der Waals surface area contributed by atoms with Gasteiger partial charge in [0.2, 0.25) is 18.6 Å². The molecule has 0 atom stereocenters. The largest absolute Gasteiger partial charge is 0.490 e. The average molecular weight is 472 g/mol. The van der Waals surface area contributed by atoms with Gasteiger partial charge in [0.1, 0.15) is 12.4 Å². The number of fused-ring (bicyclic) bond motifs is 2. The van der Waals surface area contributed by atoms with Gasteiger partial charge in [0.15, 0.2) is 11.5 Å². The molecule has 1 fully saturated rings. The van der Waals surface area contributed by atoms with Crippen LogP contribution in [0.4, 0.5) is 5.69 Å². The number of carbonyl (C=O) groups excluding carboxylic acids is 2. The molecule has 3 aliphatic rings. The van der Waals surface area contributed by atoms with Gasteiger partial charge in [-0.3, -0.25) is 14.5 Å². The van der Waals surface area contributed by atoms with Gasteiger partial charge in [0, 0.05) is 50.6 Å². The minimum Gasteiger partial charge on any atom is -0.490 e. The molecule has 5 rings (SSSR count). The van der Waals surface area contributed by atoms with Crippen LogP contribution in [0.3, 0.4) is 0 Å². The Morgan fingerprint density at radius 3 is 2.42 bits per heavy atom. The smallest absolute Gasteiger partial charge is 0.231 e. The summed E-state index contributed by atoms with van der Waals surface area (Å²) in [6.45, 7) is 4.87. The van der Waals surface area contributed by atoms with Crippen LogP contribution in [-0.4, -0.2) is 67.7 Å². The summed E-state index contributed by atoms with van der Waals surface area (Å²) in [4.78, 5) is 31.4. The number of nitrogens with zero attached hydrogens (tertiary/aromatic N) is 3. The lowest BCUT2D eigenvalue weighted by atomic mass is 10.1. The second kappa shape index (κ2) is 9.49. The number of ether oxygens (including phenoxy) is 3. The Bertz CT molecular complexity index is 1050. The van der Waals surface area contributed by atoms with Crippen molar-refractivity contribution in [2.24, 2.45) is 0 Å². The topological polar surface area (TPSA) is 71.6 Å². The van der Waals surface area contributed by atoms with Gasteiger partial charge in [0.05, 0.1) is 12.2 Å². The molecule has 0 unspecified atom stereocenters. The molecule has 174 valence electrons. The minimum absolute atomic E-state index is 0.0191. The van der Waals surface area contributed by atoms with Crippen molar-refractivity contribution in [3.05, 3.63) is 47.0 Å². The standard InChI is InChI=1S/C24H26ClN3O5/c25-18-2-4-20-19(14-18)28(11-12-31-20)24(30)6-5-23(29)27-9-7-26(8-10-27)15-17-1-3-21-22(13-17)33-16-32-21/h1-4,13-14H,5-12,15-16H2. The van der Waals surface area contributed by atoms with Gasteiger partial charge in [-0.25, -0.2) is 0 Å². The van der Waals surface area contributed by atoms with Crippen LogP contribution in [0.5, 0.6) is 17.2 Å². The molecule has 0 aromatic heterocycles. The first-order chi connectivity index (χ1) is 16.1. The fourth-order valence-corrected chi connectivity index (χ4v) is 4.58. The Morgan fingerprint density at radius 2 is 1.58 bits per heavy atom. The molecule has 3 aliphatic heterocycles. The monoisotopic (exact) mass is 471 g/mol. The summed E-state index contributed by atoms with van der Waals surface area (Å²) in [7, 11) is 0. The first-order valence-corrected chi connectivity index (χ1v) is 11.6. The Balaban J connectivity index is 1.10. The van der Waals surface area contributed by atoms with E-state index in [2.05, 4.69) is 4.90 Å². The van der Waals surface area contributed by atoms with Crippen LogP contribution in [-0.2, 0) is 16.1 Å². The van der Waals surface area contributed by atoms with E-state index < -0.39 is 0 Å². The van der Waals surface area contributed by atoms with E-state index in [1.807, 2.05) is 23.1 Å². The number of piperazine rings is 1. The van der Waals surface area contributed by atoms with Crippen LogP contribution in [0, 0.1) is 0 Å². The summed E-state index contributed by atoms with van der Waals surface area (Å²) in [5, 5.41) is 0.548. The van der Waals surface area contributed by atoms with Crippen molar-refractivity contribution >= 4 is 29.1 Å². The number of carbonyl (C=O) groups is 2. The van der Waals surface area contributed by atoms with E-state index in [1.165, 1.54) is 0 Å². The van der Waals surface area contributed by atoms with Crippen LogP contribution < -0.4 is 19.1 Å². The first-order valence-electron chi connectivity index (χ1n) is 11.2. The van der Waals surface area contributed by atoms with E-state index in [1.54, 1.807) is 23.1 Å². The van der Waals surface area contributed by atoms with Crippen molar-refractivity contribution in [1.82, 2.24) is 9.80 Å². The van der Waals surface area contributed by atoms with Crippen LogP contribution in [0.2, 0.25) is 5.02 Å². The highest BCUT2D eigenvalue weighted by Gasteiger charge is 2.26. The van der Waals surface area contributed by atoms with Gasteiger partial charge in [-0.15, -0.1) is 0 Å². The van der Waals surface area contributed by atoms with Crippen molar-refractivity contribution in [1.29, 1.82) is 0 Å². The lowest BCUT2D eigenvalue weighted by Crippen LogP contribution is -2.48. The maximum Gasteiger partial charge on any atom is 0.231 e. The Morgan fingerprint density at radius 1 is 0.818 bits per heavy atom. The maximum absolute atomic E-state index is 12.8. The molecule has 8 nitrogen and oxygen atoms in total. The van der Waals surface area contributed by atoms with Gasteiger partial charge in [-0.1, -0.05) is 17.7 Å². The zero-order chi connectivity index (χ0) is 22.8. The fraction of sp³-hybridized carbons (Fsp3) is 0.417. The molecule has 33 heavy (non-hydrogen) atoms. The second-order valence-corrected chi connectivity index (χ2v) is 8.79. The quantitative estimate of drug-likeness (QED) is 0.667. The molecule has 1 saturated heterocycles. The molecule has 0 aliphatic carbocycles. The maximum atomic E-state index is 12.8. The third kappa shape index (κ3) is 4.86. The zero-order valence-corrected chi connectivity index (χ0v) is 19.1. The Labute approximate surface area is 197 Å². The molecule has 2 amide bonds. The van der Waals surface area contributed by atoms with E-state index in [0.717, 1.165) is 36.7 Å². The lowest BCUT2D eigenvalue weighted by molar-refractivity contribution is -0.134. The lowest BCUT2D eigenvalue weighted by Gasteiger charge is -2.35. The summed E-state index contributed by atoms with van der Waals surface area (Å²) in [6, 6.07) is 11.2. The summed E-state index contributed by atoms with van der Waals surface area (Å²) >= 11 is 6.09. The number of hydrogen-bond acceptors (Lipinski definition) is 6. The van der Waals surface area contributed by atoms with Crippen LogP contribution in [0.25, 0.3) is 0 Å². The Kier molecular flexibility index (Phi) is 6.28. The highest BCUT2D eigenvalue weighted by molar-refractivity contribution is 6.31. The molecule has 2 aromatic rings. The molecule has 0 saturated carbocycles. The van der Waals surface area contributed by atoms with Crippen molar-refractivity contribution in [2.75, 3.05) is 51.0 Å².